The lowest BCUT2D eigenvalue weighted by Gasteiger charge is -2.20. The van der Waals surface area contributed by atoms with Gasteiger partial charge in [0.1, 0.15) is 5.75 Å². The first-order valence-corrected chi connectivity index (χ1v) is 8.11. The van der Waals surface area contributed by atoms with E-state index < -0.39 is 10.3 Å². The van der Waals surface area contributed by atoms with Gasteiger partial charge in [0.2, 0.25) is 0 Å². The van der Waals surface area contributed by atoms with Gasteiger partial charge < -0.3 is 9.47 Å². The highest BCUT2D eigenvalue weighted by Crippen LogP contribution is 2.38. The van der Waals surface area contributed by atoms with Gasteiger partial charge in [-0.05, 0) is 11.6 Å². The quantitative estimate of drug-likeness (QED) is 0.807. The fourth-order valence-electron chi connectivity index (χ4n) is 2.34. The van der Waals surface area contributed by atoms with Crippen molar-refractivity contribution in [2.75, 3.05) is 26.9 Å². The van der Waals surface area contributed by atoms with Gasteiger partial charge in [0, 0.05) is 31.2 Å². The predicted octanol–water partition coefficient (Wildman–Crippen LogP) is 1.61. The molecule has 1 aliphatic rings. The Kier molecular flexibility index (Phi) is 4.57. The van der Waals surface area contributed by atoms with Gasteiger partial charge in [0.05, 0.1) is 13.2 Å². The van der Waals surface area contributed by atoms with Gasteiger partial charge in [0.15, 0.2) is 0 Å². The van der Waals surface area contributed by atoms with Crippen LogP contribution in [0.3, 0.4) is 0 Å². The molecule has 1 N–H and O–H groups in total. The Labute approximate surface area is 125 Å². The number of hydrogen-bond acceptors (Lipinski definition) is 4. The molecule has 0 atom stereocenters. The second-order valence-electron chi connectivity index (χ2n) is 5.81. The molecule has 0 fully saturated rings. The van der Waals surface area contributed by atoms with E-state index in [1.165, 1.54) is 7.11 Å². The fraction of sp³-hybridized carbons (Fsp3) is 0.571. The molecule has 1 aromatic carbocycles. The second kappa shape index (κ2) is 5.92. The lowest BCUT2D eigenvalue weighted by atomic mass is 9.86. The van der Waals surface area contributed by atoms with Crippen LogP contribution in [0.4, 0.5) is 0 Å². The van der Waals surface area contributed by atoms with Crippen LogP contribution in [0.25, 0.3) is 0 Å². The molecule has 0 spiro atoms. The molecule has 118 valence electrons. The maximum atomic E-state index is 11.4. The minimum atomic E-state index is -4.26. The Bertz CT molecular complexity index is 612. The number of hydrogen-bond donors (Lipinski definition) is 1. The predicted molar refractivity (Wildman–Crippen MR) is 78.8 cm³/mol. The van der Waals surface area contributed by atoms with Gasteiger partial charge in [-0.15, -0.1) is 0 Å². The summed E-state index contributed by atoms with van der Waals surface area (Å²) in [5, 5.41) is 0. The summed E-state index contributed by atoms with van der Waals surface area (Å²) >= 11 is 0. The van der Waals surface area contributed by atoms with E-state index in [4.69, 9.17) is 9.47 Å². The monoisotopic (exact) mass is 315 g/mol. The number of rotatable bonds is 6. The van der Waals surface area contributed by atoms with Crippen molar-refractivity contribution in [3.63, 3.8) is 0 Å². The first kappa shape index (κ1) is 16.2. The van der Waals surface area contributed by atoms with Crippen molar-refractivity contribution < 1.29 is 22.4 Å². The van der Waals surface area contributed by atoms with E-state index in [0.717, 1.165) is 21.2 Å². The van der Waals surface area contributed by atoms with Crippen LogP contribution in [0, 0.1) is 0 Å². The normalized spacial score (nSPS) is 16.8. The van der Waals surface area contributed by atoms with Crippen LogP contribution in [0.2, 0.25) is 0 Å². The van der Waals surface area contributed by atoms with E-state index in [0.29, 0.717) is 6.61 Å². The highest BCUT2D eigenvalue weighted by atomic mass is 32.2. The zero-order valence-electron chi connectivity index (χ0n) is 12.5. The summed E-state index contributed by atoms with van der Waals surface area (Å²) in [5.41, 5.74) is 1.77. The van der Waals surface area contributed by atoms with E-state index in [1.54, 1.807) is 0 Å². The van der Waals surface area contributed by atoms with Crippen molar-refractivity contribution in [2.24, 2.45) is 0 Å². The van der Waals surface area contributed by atoms with E-state index in [2.05, 4.69) is 13.8 Å². The Balaban J connectivity index is 2.22. The van der Waals surface area contributed by atoms with Gasteiger partial charge in [-0.1, -0.05) is 26.0 Å². The third-order valence-electron chi connectivity index (χ3n) is 3.59. The van der Waals surface area contributed by atoms with Crippen LogP contribution in [0.15, 0.2) is 18.2 Å². The number of ether oxygens (including phenoxy) is 2. The average Bonchev–Trinajstić information content (AvgIpc) is 2.69. The largest absolute Gasteiger partial charge is 0.492 e. The summed E-state index contributed by atoms with van der Waals surface area (Å²) in [4.78, 5) is 0. The first-order chi connectivity index (χ1) is 9.74. The lowest BCUT2D eigenvalue weighted by Crippen LogP contribution is -2.33. The molecule has 0 saturated heterocycles. The number of methoxy groups -OCH3 is 1. The maximum Gasteiger partial charge on any atom is 0.336 e. The standard InChI is InChI=1S/C14H21NO5S/c1-14(2)10-20-13-5-4-11(8-12(13)14)9-15(6-7-19-3)21(16,17)18/h4-5,8H,6-7,9-10H2,1-3H3,(H,16,17,18). The maximum absolute atomic E-state index is 11.4. The Morgan fingerprint density at radius 1 is 1.43 bits per heavy atom. The summed E-state index contributed by atoms with van der Waals surface area (Å²) in [6, 6.07) is 5.59. The Morgan fingerprint density at radius 3 is 2.76 bits per heavy atom. The average molecular weight is 315 g/mol. The lowest BCUT2D eigenvalue weighted by molar-refractivity contribution is 0.173. The summed E-state index contributed by atoms with van der Waals surface area (Å²) in [6.45, 7) is 5.19. The van der Waals surface area contributed by atoms with E-state index in [1.807, 2.05) is 18.2 Å². The zero-order chi connectivity index (χ0) is 15.7. The number of nitrogens with zero attached hydrogens (tertiary/aromatic N) is 1. The van der Waals surface area contributed by atoms with Gasteiger partial charge in [-0.25, -0.2) is 0 Å². The van der Waals surface area contributed by atoms with Crippen LogP contribution < -0.4 is 4.74 Å². The molecule has 0 unspecified atom stereocenters. The molecule has 2 rings (SSSR count). The van der Waals surface area contributed by atoms with Crippen molar-refractivity contribution >= 4 is 10.3 Å². The molecule has 1 aliphatic heterocycles. The molecule has 0 bridgehead atoms. The summed E-state index contributed by atoms with van der Waals surface area (Å²) < 4.78 is 43.6. The molecule has 7 heteroatoms. The smallest absolute Gasteiger partial charge is 0.336 e. The molecule has 1 aromatic rings. The first-order valence-electron chi connectivity index (χ1n) is 6.72. The van der Waals surface area contributed by atoms with Crippen molar-refractivity contribution in [2.45, 2.75) is 25.8 Å². The molecule has 6 nitrogen and oxygen atoms in total. The molecular formula is C14H21NO5S. The minimum Gasteiger partial charge on any atom is -0.492 e. The van der Waals surface area contributed by atoms with Gasteiger partial charge in [-0.2, -0.15) is 12.7 Å². The Hall–Kier alpha value is -1.15. The van der Waals surface area contributed by atoms with Crippen LogP contribution in [-0.4, -0.2) is 44.1 Å². The van der Waals surface area contributed by atoms with E-state index in [-0.39, 0.29) is 25.1 Å². The molecule has 0 amide bonds. The van der Waals surface area contributed by atoms with Crippen molar-refractivity contribution in [1.29, 1.82) is 0 Å². The summed E-state index contributed by atoms with van der Waals surface area (Å²) in [7, 11) is -2.77. The molecule has 0 aliphatic carbocycles. The second-order valence-corrected chi connectivity index (χ2v) is 7.22. The summed E-state index contributed by atoms with van der Waals surface area (Å²) in [5.74, 6) is 0.832. The molecule has 1 heterocycles. The van der Waals surface area contributed by atoms with Crippen molar-refractivity contribution in [3.05, 3.63) is 29.3 Å². The summed E-state index contributed by atoms with van der Waals surface area (Å²) in [6.07, 6.45) is 0. The van der Waals surface area contributed by atoms with E-state index >= 15 is 0 Å². The molecular weight excluding hydrogens is 294 g/mol. The van der Waals surface area contributed by atoms with Crippen LogP contribution in [-0.2, 0) is 27.0 Å². The number of fused-ring (bicyclic) bond motifs is 1. The fourth-order valence-corrected chi connectivity index (χ4v) is 2.96. The SMILES string of the molecule is COCCN(Cc1ccc2c(c1)C(C)(C)CO2)S(=O)(=O)O. The zero-order valence-corrected chi connectivity index (χ0v) is 13.3. The van der Waals surface area contributed by atoms with Gasteiger partial charge in [0.25, 0.3) is 0 Å². The van der Waals surface area contributed by atoms with E-state index in [9.17, 15) is 13.0 Å². The molecule has 21 heavy (non-hydrogen) atoms. The topological polar surface area (TPSA) is 76.1 Å². The van der Waals surface area contributed by atoms with Crippen molar-refractivity contribution in [3.8, 4) is 5.75 Å². The Morgan fingerprint density at radius 2 is 2.14 bits per heavy atom. The van der Waals surface area contributed by atoms with Gasteiger partial charge in [-0.3, -0.25) is 4.55 Å². The van der Waals surface area contributed by atoms with Crippen molar-refractivity contribution in [1.82, 2.24) is 4.31 Å². The van der Waals surface area contributed by atoms with Crippen LogP contribution in [0.5, 0.6) is 5.75 Å². The van der Waals surface area contributed by atoms with Crippen LogP contribution in [0.1, 0.15) is 25.0 Å². The molecule has 0 radical (unpaired) electrons. The number of benzene rings is 1. The highest BCUT2D eigenvalue weighted by Gasteiger charge is 2.32. The third-order valence-corrected chi connectivity index (χ3v) is 4.56. The van der Waals surface area contributed by atoms with Crippen LogP contribution >= 0.6 is 0 Å². The van der Waals surface area contributed by atoms with Gasteiger partial charge >= 0.3 is 10.3 Å². The minimum absolute atomic E-state index is 0.0964. The molecule has 0 aromatic heterocycles. The third kappa shape index (κ3) is 3.74. The highest BCUT2D eigenvalue weighted by molar-refractivity contribution is 7.83. The molecule has 0 saturated carbocycles.